The SMILES string of the molecule is COc1cc(/C=C2\SC(=O)N(Cc3ccc(F)cc3)C2=O)cc(Br)c1OCc1ccccc1C. The second-order valence-electron chi connectivity index (χ2n) is 7.64. The summed E-state index contributed by atoms with van der Waals surface area (Å²) in [6, 6.07) is 17.3. The average molecular weight is 542 g/mol. The molecule has 2 amide bonds. The van der Waals surface area contributed by atoms with Gasteiger partial charge in [-0.3, -0.25) is 14.5 Å². The van der Waals surface area contributed by atoms with Crippen molar-refractivity contribution in [1.29, 1.82) is 0 Å². The summed E-state index contributed by atoms with van der Waals surface area (Å²) in [4.78, 5) is 26.8. The molecule has 1 aliphatic heterocycles. The van der Waals surface area contributed by atoms with E-state index in [0.717, 1.165) is 27.8 Å². The van der Waals surface area contributed by atoms with Gasteiger partial charge < -0.3 is 9.47 Å². The zero-order chi connectivity index (χ0) is 24.2. The second-order valence-corrected chi connectivity index (χ2v) is 9.49. The van der Waals surface area contributed by atoms with Crippen LogP contribution in [-0.4, -0.2) is 23.2 Å². The van der Waals surface area contributed by atoms with Gasteiger partial charge in [0, 0.05) is 0 Å². The molecule has 1 fully saturated rings. The van der Waals surface area contributed by atoms with Gasteiger partial charge in [-0.15, -0.1) is 0 Å². The number of ether oxygens (including phenoxy) is 2. The fraction of sp³-hybridized carbons (Fsp3) is 0.154. The Balaban J connectivity index is 1.53. The van der Waals surface area contributed by atoms with Crippen LogP contribution in [0.15, 0.2) is 70.0 Å². The first-order chi connectivity index (χ1) is 16.4. The van der Waals surface area contributed by atoms with Gasteiger partial charge in [-0.2, -0.15) is 0 Å². The van der Waals surface area contributed by atoms with E-state index in [9.17, 15) is 14.0 Å². The van der Waals surface area contributed by atoms with Gasteiger partial charge in [0.1, 0.15) is 12.4 Å². The molecule has 3 aromatic carbocycles. The largest absolute Gasteiger partial charge is 0.493 e. The summed E-state index contributed by atoms with van der Waals surface area (Å²) in [5, 5.41) is -0.371. The van der Waals surface area contributed by atoms with Gasteiger partial charge in [0.15, 0.2) is 11.5 Å². The lowest BCUT2D eigenvalue weighted by Crippen LogP contribution is -2.27. The van der Waals surface area contributed by atoms with Crippen molar-refractivity contribution < 1.29 is 23.5 Å². The highest BCUT2D eigenvalue weighted by atomic mass is 79.9. The summed E-state index contributed by atoms with van der Waals surface area (Å²) in [5.41, 5.74) is 3.55. The number of imide groups is 1. The molecule has 8 heteroatoms. The second kappa shape index (κ2) is 10.4. The molecule has 0 radical (unpaired) electrons. The van der Waals surface area contributed by atoms with Gasteiger partial charge in [0.05, 0.1) is 23.0 Å². The van der Waals surface area contributed by atoms with Gasteiger partial charge in [0.2, 0.25) is 0 Å². The Kier molecular flexibility index (Phi) is 7.38. The Morgan fingerprint density at radius 1 is 1.09 bits per heavy atom. The molecule has 4 rings (SSSR count). The van der Waals surface area contributed by atoms with Crippen molar-refractivity contribution in [3.8, 4) is 11.5 Å². The van der Waals surface area contributed by atoms with E-state index in [1.54, 1.807) is 31.4 Å². The van der Waals surface area contributed by atoms with Crippen LogP contribution in [0.3, 0.4) is 0 Å². The molecule has 34 heavy (non-hydrogen) atoms. The lowest BCUT2D eigenvalue weighted by molar-refractivity contribution is -0.123. The van der Waals surface area contributed by atoms with Crippen molar-refractivity contribution in [2.75, 3.05) is 7.11 Å². The number of aryl methyl sites for hydroxylation is 1. The van der Waals surface area contributed by atoms with Crippen molar-refractivity contribution >= 4 is 44.9 Å². The fourth-order valence-electron chi connectivity index (χ4n) is 3.45. The standard InChI is InChI=1S/C26H21BrFNO4S/c1-16-5-3-4-6-19(16)15-33-24-21(27)11-18(12-22(24)32-2)13-23-25(30)29(26(31)34-23)14-17-7-9-20(28)10-8-17/h3-13H,14-15H2,1-2H3/b23-13-. The van der Waals surface area contributed by atoms with Crippen LogP contribution in [0.1, 0.15) is 22.3 Å². The van der Waals surface area contributed by atoms with Crippen molar-refractivity contribution in [3.63, 3.8) is 0 Å². The maximum atomic E-state index is 13.1. The van der Waals surface area contributed by atoms with Crippen LogP contribution in [0, 0.1) is 12.7 Å². The van der Waals surface area contributed by atoms with E-state index in [0.29, 0.717) is 38.6 Å². The number of halogens is 2. The normalized spacial score (nSPS) is 14.7. The third-order valence-electron chi connectivity index (χ3n) is 5.31. The number of carbonyl (C=O) groups excluding carboxylic acids is 2. The Hall–Kier alpha value is -3.10. The third kappa shape index (κ3) is 5.34. The quantitative estimate of drug-likeness (QED) is 0.310. The van der Waals surface area contributed by atoms with Crippen molar-refractivity contribution in [1.82, 2.24) is 4.90 Å². The van der Waals surface area contributed by atoms with Crippen LogP contribution in [0.5, 0.6) is 11.5 Å². The summed E-state index contributed by atoms with van der Waals surface area (Å²) >= 11 is 4.40. The number of benzene rings is 3. The highest BCUT2D eigenvalue weighted by molar-refractivity contribution is 9.10. The van der Waals surface area contributed by atoms with Crippen LogP contribution in [0.4, 0.5) is 9.18 Å². The third-order valence-corrected chi connectivity index (χ3v) is 6.81. The molecule has 174 valence electrons. The summed E-state index contributed by atoms with van der Waals surface area (Å²) in [5.74, 6) is 0.282. The molecule has 0 bridgehead atoms. The maximum Gasteiger partial charge on any atom is 0.293 e. The number of hydrogen-bond acceptors (Lipinski definition) is 5. The molecule has 1 heterocycles. The lowest BCUT2D eigenvalue weighted by Gasteiger charge is -2.15. The van der Waals surface area contributed by atoms with Gasteiger partial charge in [-0.05, 0) is 87.2 Å². The topological polar surface area (TPSA) is 55.8 Å². The number of carbonyl (C=O) groups is 2. The molecule has 5 nitrogen and oxygen atoms in total. The highest BCUT2D eigenvalue weighted by Crippen LogP contribution is 2.39. The minimum absolute atomic E-state index is 0.0843. The van der Waals surface area contributed by atoms with Crippen LogP contribution >= 0.6 is 27.7 Å². The number of hydrogen-bond donors (Lipinski definition) is 0. The van der Waals surface area contributed by atoms with E-state index >= 15 is 0 Å². The molecule has 0 saturated carbocycles. The Morgan fingerprint density at radius 3 is 2.53 bits per heavy atom. The maximum absolute atomic E-state index is 13.1. The van der Waals surface area contributed by atoms with Crippen molar-refractivity contribution in [2.24, 2.45) is 0 Å². The van der Waals surface area contributed by atoms with Crippen LogP contribution in [-0.2, 0) is 17.9 Å². The molecule has 0 unspecified atom stereocenters. The molecular weight excluding hydrogens is 521 g/mol. The summed E-state index contributed by atoms with van der Waals surface area (Å²) in [6.07, 6.45) is 1.65. The van der Waals surface area contributed by atoms with Gasteiger partial charge in [-0.25, -0.2) is 4.39 Å². The molecular formula is C26H21BrFNO4S. The lowest BCUT2D eigenvalue weighted by atomic mass is 10.1. The predicted octanol–water partition coefficient (Wildman–Crippen LogP) is 6.72. The number of nitrogens with zero attached hydrogens (tertiary/aromatic N) is 1. The van der Waals surface area contributed by atoms with E-state index in [4.69, 9.17) is 9.47 Å². The van der Waals surface area contributed by atoms with Crippen molar-refractivity contribution in [2.45, 2.75) is 20.1 Å². The fourth-order valence-corrected chi connectivity index (χ4v) is 4.86. The monoisotopic (exact) mass is 541 g/mol. The smallest absolute Gasteiger partial charge is 0.293 e. The minimum atomic E-state index is -0.394. The van der Waals surface area contributed by atoms with Crippen LogP contribution in [0.25, 0.3) is 6.08 Å². The summed E-state index contributed by atoms with van der Waals surface area (Å²) in [6.45, 7) is 2.49. The Labute approximate surface area is 209 Å². The molecule has 3 aromatic rings. The first-order valence-electron chi connectivity index (χ1n) is 10.4. The van der Waals surface area contributed by atoms with E-state index < -0.39 is 5.91 Å². The summed E-state index contributed by atoms with van der Waals surface area (Å²) < 4.78 is 25.4. The molecule has 0 aromatic heterocycles. The number of rotatable bonds is 7. The van der Waals surface area contributed by atoms with E-state index in [-0.39, 0.29) is 17.6 Å². The number of methoxy groups -OCH3 is 1. The Bertz CT molecular complexity index is 1280. The minimum Gasteiger partial charge on any atom is -0.493 e. The van der Waals surface area contributed by atoms with Crippen molar-refractivity contribution in [3.05, 3.63) is 98.1 Å². The average Bonchev–Trinajstić information content (AvgIpc) is 3.07. The summed E-state index contributed by atoms with van der Waals surface area (Å²) in [7, 11) is 1.54. The zero-order valence-electron chi connectivity index (χ0n) is 18.5. The molecule has 1 saturated heterocycles. The molecule has 0 N–H and O–H groups in total. The highest BCUT2D eigenvalue weighted by Gasteiger charge is 2.35. The molecule has 1 aliphatic rings. The van der Waals surface area contributed by atoms with Gasteiger partial charge in [0.25, 0.3) is 11.1 Å². The zero-order valence-corrected chi connectivity index (χ0v) is 20.9. The molecule has 0 spiro atoms. The first-order valence-corrected chi connectivity index (χ1v) is 12.0. The van der Waals surface area contributed by atoms with Crippen LogP contribution in [0.2, 0.25) is 0 Å². The van der Waals surface area contributed by atoms with Gasteiger partial charge >= 0.3 is 0 Å². The molecule has 0 aliphatic carbocycles. The van der Waals surface area contributed by atoms with Gasteiger partial charge in [-0.1, -0.05) is 36.4 Å². The molecule has 0 atom stereocenters. The van der Waals surface area contributed by atoms with E-state index in [1.165, 1.54) is 12.1 Å². The van der Waals surface area contributed by atoms with E-state index in [1.807, 2.05) is 37.3 Å². The Morgan fingerprint density at radius 2 is 1.82 bits per heavy atom. The number of amides is 2. The first kappa shape index (κ1) is 24.0. The predicted molar refractivity (Wildman–Crippen MR) is 134 cm³/mol. The number of thioether (sulfide) groups is 1. The van der Waals surface area contributed by atoms with E-state index in [2.05, 4.69) is 15.9 Å². The van der Waals surface area contributed by atoms with Crippen LogP contribution < -0.4 is 9.47 Å².